The Kier molecular flexibility index (Phi) is 4.04. The summed E-state index contributed by atoms with van der Waals surface area (Å²) in [5, 5.41) is 9.27. The summed E-state index contributed by atoms with van der Waals surface area (Å²) in [6.07, 6.45) is 1.85. The highest BCUT2D eigenvalue weighted by Crippen LogP contribution is 2.18. The highest BCUT2D eigenvalue weighted by molar-refractivity contribution is 6.17. The van der Waals surface area contributed by atoms with E-state index in [0.717, 1.165) is 17.7 Å². The summed E-state index contributed by atoms with van der Waals surface area (Å²) in [6.45, 7) is 1.36. The van der Waals surface area contributed by atoms with Crippen LogP contribution in [0, 0.1) is 17.2 Å². The first-order valence-corrected chi connectivity index (χ1v) is 6.60. The van der Waals surface area contributed by atoms with Crippen LogP contribution in [0.1, 0.15) is 12.8 Å². The molecule has 0 radical (unpaired) electrons. The second-order valence-corrected chi connectivity index (χ2v) is 5.08. The molecule has 0 N–H and O–H groups in total. The first-order valence-electron chi connectivity index (χ1n) is 6.60. The second-order valence-electron chi connectivity index (χ2n) is 5.08. The van der Waals surface area contributed by atoms with Crippen molar-refractivity contribution in [2.24, 2.45) is 5.92 Å². The van der Waals surface area contributed by atoms with E-state index in [2.05, 4.69) is 0 Å². The van der Waals surface area contributed by atoms with Crippen LogP contribution in [-0.4, -0.2) is 72.5 Å². The zero-order valence-electron chi connectivity index (χ0n) is 12.0. The van der Waals surface area contributed by atoms with E-state index < -0.39 is 17.9 Å². The molecule has 2 aliphatic heterocycles. The predicted molar refractivity (Wildman–Crippen MR) is 70.1 cm³/mol. The number of urea groups is 1. The van der Waals surface area contributed by atoms with Gasteiger partial charge in [0.05, 0.1) is 32.3 Å². The zero-order valence-corrected chi connectivity index (χ0v) is 12.0. The minimum absolute atomic E-state index is 0.204. The molecule has 7 nitrogen and oxygen atoms in total. The van der Waals surface area contributed by atoms with Crippen LogP contribution in [0.5, 0.6) is 0 Å². The van der Waals surface area contributed by atoms with E-state index in [0.29, 0.717) is 18.9 Å². The standard InChI is InChI=1S/C13H19N4O3/c1-15-11(17-6-4-9(20-3)5-7-17)10(8-14)12(18)16(2)13(15)19/h9-10H,4-7H2,1-3H3/q+1. The molecule has 20 heavy (non-hydrogen) atoms. The van der Waals surface area contributed by atoms with Gasteiger partial charge < -0.3 is 4.74 Å². The fourth-order valence-electron chi connectivity index (χ4n) is 2.74. The molecule has 2 rings (SSSR count). The SMILES string of the molecule is COC1CC[N+](=C2C(C#N)C(=O)N(C)C(=O)N2C)CC1. The van der Waals surface area contributed by atoms with Crippen LogP contribution < -0.4 is 0 Å². The smallest absolute Gasteiger partial charge is 0.381 e. The summed E-state index contributed by atoms with van der Waals surface area (Å²) in [6, 6.07) is 1.61. The second kappa shape index (κ2) is 5.59. The Bertz CT molecular complexity index is 498. The zero-order chi connectivity index (χ0) is 14.9. The molecule has 108 valence electrons. The van der Waals surface area contributed by atoms with Gasteiger partial charge >= 0.3 is 6.03 Å². The summed E-state index contributed by atoms with van der Waals surface area (Å²) in [5.41, 5.74) is 0. The quantitative estimate of drug-likeness (QED) is 0.626. The molecule has 3 amide bonds. The molecule has 2 heterocycles. The van der Waals surface area contributed by atoms with Gasteiger partial charge in [-0.05, 0) is 0 Å². The molecule has 1 atom stereocenters. The lowest BCUT2D eigenvalue weighted by Gasteiger charge is -2.31. The van der Waals surface area contributed by atoms with Crippen LogP contribution in [0.2, 0.25) is 0 Å². The van der Waals surface area contributed by atoms with Crippen molar-refractivity contribution in [2.75, 3.05) is 34.3 Å². The fourth-order valence-corrected chi connectivity index (χ4v) is 2.74. The first kappa shape index (κ1) is 14.5. The lowest BCUT2D eigenvalue weighted by molar-refractivity contribution is -0.547. The number of nitriles is 1. The van der Waals surface area contributed by atoms with Crippen molar-refractivity contribution in [3.05, 3.63) is 0 Å². The molecule has 0 aromatic heterocycles. The monoisotopic (exact) mass is 279 g/mol. The predicted octanol–water partition coefficient (Wildman–Crippen LogP) is -0.130. The molecule has 2 aliphatic rings. The van der Waals surface area contributed by atoms with Crippen LogP contribution in [0.3, 0.4) is 0 Å². The Morgan fingerprint density at radius 2 is 1.85 bits per heavy atom. The highest BCUT2D eigenvalue weighted by Gasteiger charge is 2.48. The largest absolute Gasteiger partial charge is 0.417 e. The van der Waals surface area contributed by atoms with Gasteiger partial charge in [-0.3, -0.25) is 9.37 Å². The number of hydrogen-bond donors (Lipinski definition) is 0. The molecule has 0 bridgehead atoms. The summed E-state index contributed by atoms with van der Waals surface area (Å²) in [4.78, 5) is 26.5. The van der Waals surface area contributed by atoms with Crippen LogP contribution in [-0.2, 0) is 9.53 Å². The summed E-state index contributed by atoms with van der Waals surface area (Å²) < 4.78 is 7.26. The van der Waals surface area contributed by atoms with E-state index in [1.54, 1.807) is 14.2 Å². The first-order chi connectivity index (χ1) is 9.51. The number of nitrogens with zero attached hydrogens (tertiary/aromatic N) is 4. The van der Waals surface area contributed by atoms with Crippen molar-refractivity contribution in [3.8, 4) is 6.07 Å². The van der Waals surface area contributed by atoms with Crippen LogP contribution in [0.25, 0.3) is 0 Å². The molecule has 0 spiro atoms. The molecular formula is C13H19N4O3+. The Hall–Kier alpha value is -1.94. The molecule has 0 saturated carbocycles. The Morgan fingerprint density at radius 1 is 1.25 bits per heavy atom. The van der Waals surface area contributed by atoms with Crippen molar-refractivity contribution in [1.29, 1.82) is 5.26 Å². The summed E-state index contributed by atoms with van der Waals surface area (Å²) in [5.74, 6) is -0.878. The van der Waals surface area contributed by atoms with Gasteiger partial charge in [-0.2, -0.15) is 10.2 Å². The number of rotatable bonds is 1. The lowest BCUT2D eigenvalue weighted by atomic mass is 10.0. The van der Waals surface area contributed by atoms with Crippen molar-refractivity contribution in [1.82, 2.24) is 9.80 Å². The maximum atomic E-state index is 12.1. The number of imide groups is 1. The van der Waals surface area contributed by atoms with E-state index in [9.17, 15) is 14.9 Å². The van der Waals surface area contributed by atoms with Crippen LogP contribution in [0.4, 0.5) is 4.79 Å². The van der Waals surface area contributed by atoms with Gasteiger partial charge in [0.25, 0.3) is 11.7 Å². The normalized spacial score (nSPS) is 27.9. The van der Waals surface area contributed by atoms with Crippen molar-refractivity contribution >= 4 is 17.8 Å². The van der Waals surface area contributed by atoms with E-state index in [-0.39, 0.29) is 6.10 Å². The maximum absolute atomic E-state index is 12.1. The number of carbonyl (C=O) groups excluding carboxylic acids is 2. The Labute approximate surface area is 118 Å². The molecule has 0 aromatic carbocycles. The van der Waals surface area contributed by atoms with E-state index in [1.807, 2.05) is 10.6 Å². The van der Waals surface area contributed by atoms with Crippen molar-refractivity contribution < 1.29 is 18.9 Å². The van der Waals surface area contributed by atoms with Gasteiger partial charge in [-0.25, -0.2) is 9.69 Å². The van der Waals surface area contributed by atoms with Gasteiger partial charge in [0.15, 0.2) is 0 Å². The Balaban J connectivity index is 2.35. The number of carbonyl (C=O) groups is 2. The van der Waals surface area contributed by atoms with E-state index >= 15 is 0 Å². The van der Waals surface area contributed by atoms with Gasteiger partial charge in [0.2, 0.25) is 5.92 Å². The van der Waals surface area contributed by atoms with Crippen LogP contribution >= 0.6 is 0 Å². The fraction of sp³-hybridized carbons (Fsp3) is 0.692. The average molecular weight is 279 g/mol. The number of piperidine rings is 1. The summed E-state index contributed by atoms with van der Waals surface area (Å²) in [7, 11) is 4.69. The molecule has 2 saturated heterocycles. The van der Waals surface area contributed by atoms with Gasteiger partial charge in [-0.1, -0.05) is 0 Å². The number of amides is 3. The topological polar surface area (TPSA) is 76.6 Å². The number of ether oxygens (including phenoxy) is 1. The number of methoxy groups -OCH3 is 1. The minimum atomic E-state index is -0.915. The molecule has 7 heteroatoms. The van der Waals surface area contributed by atoms with Crippen molar-refractivity contribution in [3.63, 3.8) is 0 Å². The van der Waals surface area contributed by atoms with Crippen LogP contribution in [0.15, 0.2) is 0 Å². The number of amidine groups is 1. The highest BCUT2D eigenvalue weighted by atomic mass is 16.5. The third-order valence-corrected chi connectivity index (χ3v) is 3.98. The summed E-state index contributed by atoms with van der Waals surface area (Å²) >= 11 is 0. The average Bonchev–Trinajstić information content (AvgIpc) is 2.48. The van der Waals surface area contributed by atoms with E-state index in [1.165, 1.54) is 11.9 Å². The minimum Gasteiger partial charge on any atom is -0.381 e. The molecular weight excluding hydrogens is 260 g/mol. The molecule has 2 fully saturated rings. The molecule has 0 aliphatic carbocycles. The van der Waals surface area contributed by atoms with E-state index in [4.69, 9.17) is 4.74 Å². The van der Waals surface area contributed by atoms with Gasteiger partial charge in [0, 0.05) is 27.0 Å². The van der Waals surface area contributed by atoms with Crippen molar-refractivity contribution in [2.45, 2.75) is 18.9 Å². The Morgan fingerprint density at radius 3 is 2.35 bits per heavy atom. The molecule has 1 unspecified atom stereocenters. The van der Waals surface area contributed by atoms with Gasteiger partial charge in [0.1, 0.15) is 0 Å². The number of hydrogen-bond acceptors (Lipinski definition) is 4. The third kappa shape index (κ3) is 2.27. The molecule has 0 aromatic rings. The van der Waals surface area contributed by atoms with Gasteiger partial charge in [-0.15, -0.1) is 0 Å². The third-order valence-electron chi connectivity index (χ3n) is 3.98. The maximum Gasteiger partial charge on any atom is 0.417 e. The lowest BCUT2D eigenvalue weighted by Crippen LogP contribution is -2.59.